The monoisotopic (exact) mass is 172 g/mol. The Morgan fingerprint density at radius 1 is 1.55 bits per heavy atom. The summed E-state index contributed by atoms with van der Waals surface area (Å²) in [6, 6.07) is 3.22. The Kier molecular flexibility index (Phi) is 2.40. The van der Waals surface area contributed by atoms with E-state index < -0.39 is 0 Å². The van der Waals surface area contributed by atoms with Crippen molar-refractivity contribution in [3.05, 3.63) is 23.0 Å². The van der Waals surface area contributed by atoms with Crippen LogP contribution in [0.5, 0.6) is 5.75 Å². The summed E-state index contributed by atoms with van der Waals surface area (Å²) in [7, 11) is 3.05. The molecule has 0 spiro atoms. The molecule has 4 heteroatoms. The fraction of sp³-hybridized carbons (Fsp3) is 0.143. The molecular weight excluding hydrogens is 165 g/mol. The Morgan fingerprint density at radius 2 is 2.18 bits per heavy atom. The zero-order chi connectivity index (χ0) is 8.43. The van der Waals surface area contributed by atoms with Crippen LogP contribution in [0.25, 0.3) is 0 Å². The maximum absolute atomic E-state index is 13.1. The highest BCUT2D eigenvalue weighted by Gasteiger charge is 2.08. The lowest BCUT2D eigenvalue weighted by Crippen LogP contribution is -2.09. The zero-order valence-electron chi connectivity index (χ0n) is 6.32. The van der Waals surface area contributed by atoms with E-state index in [1.807, 2.05) is 0 Å². The Bertz CT molecular complexity index is 277. The molecule has 0 saturated carbocycles. The van der Waals surface area contributed by atoms with E-state index in [2.05, 4.69) is 0 Å². The van der Waals surface area contributed by atoms with Gasteiger partial charge in [-0.25, -0.2) is 4.39 Å². The molecule has 0 amide bonds. The predicted octanol–water partition coefficient (Wildman–Crippen LogP) is 0.746. The number of hydrogen-bond donors (Lipinski definition) is 0. The number of rotatable bonds is 1. The summed E-state index contributed by atoms with van der Waals surface area (Å²) in [5.74, 6) is -0.272. The van der Waals surface area contributed by atoms with Crippen molar-refractivity contribution >= 4 is 24.9 Å². The van der Waals surface area contributed by atoms with Crippen LogP contribution < -0.4 is 10.2 Å². The molecule has 1 aromatic rings. The molecule has 1 nitrogen and oxygen atoms in total. The fourth-order valence-corrected chi connectivity index (χ4v) is 1.04. The van der Waals surface area contributed by atoms with Gasteiger partial charge in [0.2, 0.25) is 0 Å². The van der Waals surface area contributed by atoms with Crippen LogP contribution in [0.3, 0.4) is 0 Å². The molecular formula is C7H7BClFO. The molecule has 1 rings (SSSR count). The third-order valence-electron chi connectivity index (χ3n) is 1.45. The molecule has 0 N–H and O–H groups in total. The second-order valence-corrected chi connectivity index (χ2v) is 2.62. The zero-order valence-corrected chi connectivity index (χ0v) is 7.07. The van der Waals surface area contributed by atoms with E-state index in [-0.39, 0.29) is 11.6 Å². The van der Waals surface area contributed by atoms with Gasteiger partial charge in [-0.1, -0.05) is 23.1 Å². The van der Waals surface area contributed by atoms with Crippen molar-refractivity contribution in [1.29, 1.82) is 0 Å². The van der Waals surface area contributed by atoms with Crippen LogP contribution in [0, 0.1) is 5.82 Å². The Labute approximate surface area is 70.5 Å². The number of benzene rings is 1. The molecule has 0 bridgehead atoms. The van der Waals surface area contributed by atoms with E-state index in [9.17, 15) is 4.39 Å². The molecule has 0 unspecified atom stereocenters. The van der Waals surface area contributed by atoms with Gasteiger partial charge in [0.1, 0.15) is 7.85 Å². The van der Waals surface area contributed by atoms with Gasteiger partial charge in [0, 0.05) is 0 Å². The van der Waals surface area contributed by atoms with E-state index in [1.165, 1.54) is 7.11 Å². The Morgan fingerprint density at radius 3 is 2.64 bits per heavy atom. The fourth-order valence-electron chi connectivity index (χ4n) is 0.818. The quantitative estimate of drug-likeness (QED) is 0.568. The van der Waals surface area contributed by atoms with Gasteiger partial charge in [-0.3, -0.25) is 0 Å². The van der Waals surface area contributed by atoms with E-state index in [4.69, 9.17) is 16.3 Å². The first-order valence-corrected chi connectivity index (χ1v) is 3.53. The largest absolute Gasteiger partial charge is 0.492 e. The van der Waals surface area contributed by atoms with Gasteiger partial charge >= 0.3 is 0 Å². The molecule has 0 saturated heterocycles. The smallest absolute Gasteiger partial charge is 0.172 e. The molecule has 0 aliphatic heterocycles. The van der Waals surface area contributed by atoms with Crippen LogP contribution in [0.1, 0.15) is 0 Å². The molecule has 58 valence electrons. The second-order valence-electron chi connectivity index (χ2n) is 2.21. The topological polar surface area (TPSA) is 9.23 Å². The van der Waals surface area contributed by atoms with Gasteiger partial charge in [-0.2, -0.15) is 0 Å². The number of methoxy groups -OCH3 is 1. The number of ether oxygens (including phenoxy) is 1. The second kappa shape index (κ2) is 3.14. The van der Waals surface area contributed by atoms with Crippen LogP contribution in [0.15, 0.2) is 12.1 Å². The van der Waals surface area contributed by atoms with Crippen LogP contribution in [0.4, 0.5) is 4.39 Å². The van der Waals surface area contributed by atoms with Crippen molar-refractivity contribution in [1.82, 2.24) is 0 Å². The molecule has 0 radical (unpaired) electrons. The first-order chi connectivity index (χ1) is 5.16. The maximum atomic E-state index is 13.1. The maximum Gasteiger partial charge on any atom is 0.172 e. The van der Waals surface area contributed by atoms with Crippen LogP contribution >= 0.6 is 11.6 Å². The normalized spacial score (nSPS) is 9.73. The van der Waals surface area contributed by atoms with Crippen molar-refractivity contribution in [2.45, 2.75) is 0 Å². The minimum Gasteiger partial charge on any atom is -0.492 e. The van der Waals surface area contributed by atoms with E-state index in [0.717, 1.165) is 0 Å². The third-order valence-corrected chi connectivity index (χ3v) is 1.74. The minimum absolute atomic E-state index is 0.117. The van der Waals surface area contributed by atoms with E-state index in [1.54, 1.807) is 20.0 Å². The van der Waals surface area contributed by atoms with E-state index >= 15 is 0 Å². The summed E-state index contributed by atoms with van der Waals surface area (Å²) >= 11 is 5.64. The molecule has 0 aliphatic rings. The Balaban J connectivity index is 3.29. The summed E-state index contributed by atoms with van der Waals surface area (Å²) in [4.78, 5) is 0. The minimum atomic E-state index is -0.389. The summed E-state index contributed by atoms with van der Waals surface area (Å²) < 4.78 is 17.8. The summed E-state index contributed by atoms with van der Waals surface area (Å²) in [6.07, 6.45) is 0. The SMILES string of the molecule is Bc1ccc(Cl)c(OC)c1F. The Hall–Kier alpha value is -0.695. The van der Waals surface area contributed by atoms with Crippen molar-refractivity contribution in [2.75, 3.05) is 7.11 Å². The van der Waals surface area contributed by atoms with Crippen LogP contribution in [-0.4, -0.2) is 15.0 Å². The molecule has 11 heavy (non-hydrogen) atoms. The first kappa shape index (κ1) is 8.40. The van der Waals surface area contributed by atoms with Crippen molar-refractivity contribution in [3.63, 3.8) is 0 Å². The summed E-state index contributed by atoms with van der Waals surface area (Å²) in [5, 5.41) is 0.301. The van der Waals surface area contributed by atoms with Crippen molar-refractivity contribution in [3.8, 4) is 5.75 Å². The third kappa shape index (κ3) is 1.48. The summed E-state index contributed by atoms with van der Waals surface area (Å²) in [6.45, 7) is 0. The standard InChI is InChI=1S/C7H7BClFO/c1-11-7-5(9)3-2-4(8)6(7)10/h2-3H,8H2,1H3. The molecule has 0 fully saturated rings. The summed E-state index contributed by atoms with van der Waals surface area (Å²) in [5.41, 5.74) is 0.534. The van der Waals surface area contributed by atoms with E-state index in [0.29, 0.717) is 10.5 Å². The lowest BCUT2D eigenvalue weighted by atomic mass is 9.95. The van der Waals surface area contributed by atoms with Gasteiger partial charge in [0.25, 0.3) is 0 Å². The van der Waals surface area contributed by atoms with Gasteiger partial charge in [-0.15, -0.1) is 0 Å². The van der Waals surface area contributed by atoms with Gasteiger partial charge in [-0.05, 0) is 6.07 Å². The van der Waals surface area contributed by atoms with Crippen molar-refractivity contribution in [2.24, 2.45) is 0 Å². The molecule has 1 aromatic carbocycles. The van der Waals surface area contributed by atoms with Crippen LogP contribution in [-0.2, 0) is 0 Å². The first-order valence-electron chi connectivity index (χ1n) is 3.15. The number of halogens is 2. The molecule has 0 atom stereocenters. The van der Waals surface area contributed by atoms with Gasteiger partial charge < -0.3 is 4.74 Å². The van der Waals surface area contributed by atoms with Crippen LogP contribution in [0.2, 0.25) is 5.02 Å². The average Bonchev–Trinajstić information content (AvgIpc) is 1.99. The lowest BCUT2D eigenvalue weighted by Gasteiger charge is -2.05. The highest BCUT2D eigenvalue weighted by molar-refractivity contribution is 6.35. The number of hydrogen-bond acceptors (Lipinski definition) is 1. The highest BCUT2D eigenvalue weighted by Crippen LogP contribution is 2.24. The van der Waals surface area contributed by atoms with Gasteiger partial charge in [0.05, 0.1) is 12.1 Å². The molecule has 0 aliphatic carbocycles. The van der Waals surface area contributed by atoms with Crippen molar-refractivity contribution < 1.29 is 9.13 Å². The lowest BCUT2D eigenvalue weighted by molar-refractivity contribution is 0.388. The molecule has 0 heterocycles. The van der Waals surface area contributed by atoms with Gasteiger partial charge in [0.15, 0.2) is 11.6 Å². The highest BCUT2D eigenvalue weighted by atomic mass is 35.5. The molecule has 0 aromatic heterocycles. The predicted molar refractivity (Wildman–Crippen MR) is 46.1 cm³/mol. The average molecular weight is 172 g/mol.